The number of aromatic amines is 1. The molecule has 2 N–H and O–H groups in total. The van der Waals surface area contributed by atoms with Crippen LogP contribution >= 0.6 is 34.4 Å². The quantitative estimate of drug-likeness (QED) is 0.441. The first-order chi connectivity index (χ1) is 16.0. The number of aliphatic carboxylic acids is 1. The molecular formula is C23H24N2O5S3. The molecule has 4 aliphatic rings. The number of likely N-dealkylation sites (tertiary alicyclic amines) is 1. The highest BCUT2D eigenvalue weighted by Gasteiger charge is 2.69. The molecule has 2 aromatic heterocycles. The maximum absolute atomic E-state index is 13.4. The molecule has 2 amide bonds. The van der Waals surface area contributed by atoms with Crippen molar-refractivity contribution in [3.8, 4) is 0 Å². The molecule has 2 aromatic rings. The van der Waals surface area contributed by atoms with Gasteiger partial charge in [0.05, 0.1) is 16.9 Å². The van der Waals surface area contributed by atoms with Crippen molar-refractivity contribution in [2.24, 2.45) is 29.6 Å². The number of hydrogen-bond acceptors (Lipinski definition) is 7. The predicted molar refractivity (Wildman–Crippen MR) is 126 cm³/mol. The number of fused-ring (bicyclic) bond motifs is 9. The van der Waals surface area contributed by atoms with E-state index < -0.39 is 5.97 Å². The minimum atomic E-state index is -0.815. The second kappa shape index (κ2) is 8.09. The molecule has 0 unspecified atom stereocenters. The molecular weight excluding hydrogens is 480 g/mol. The van der Waals surface area contributed by atoms with Gasteiger partial charge < -0.3 is 10.1 Å². The topological polar surface area (TPSA) is 108 Å². The number of carboxylic acids is 1. The summed E-state index contributed by atoms with van der Waals surface area (Å²) in [4.78, 5) is 56.5. The molecule has 2 bridgehead atoms. The first-order valence-electron chi connectivity index (χ1n) is 11.5. The fraction of sp³-hybridized carbons (Fsp3) is 0.565. The van der Waals surface area contributed by atoms with Gasteiger partial charge >= 0.3 is 10.8 Å². The Bertz CT molecular complexity index is 1170. The van der Waals surface area contributed by atoms with E-state index in [4.69, 9.17) is 5.11 Å². The van der Waals surface area contributed by atoms with E-state index in [0.29, 0.717) is 25.8 Å². The van der Waals surface area contributed by atoms with E-state index in [9.17, 15) is 19.2 Å². The summed E-state index contributed by atoms with van der Waals surface area (Å²) in [5, 5.41) is 12.0. The molecule has 7 nitrogen and oxygen atoms in total. The maximum atomic E-state index is 13.4. The third-order valence-corrected chi connectivity index (χ3v) is 11.5. The zero-order valence-corrected chi connectivity index (χ0v) is 20.2. The molecule has 33 heavy (non-hydrogen) atoms. The molecule has 10 heteroatoms. The summed E-state index contributed by atoms with van der Waals surface area (Å²) in [6.07, 6.45) is 2.93. The molecule has 0 spiro atoms. The number of aromatic nitrogens is 1. The van der Waals surface area contributed by atoms with Crippen molar-refractivity contribution in [3.05, 3.63) is 36.9 Å². The van der Waals surface area contributed by atoms with Crippen molar-refractivity contribution in [2.45, 2.75) is 48.3 Å². The molecule has 0 radical (unpaired) electrons. The Morgan fingerprint density at radius 3 is 2.64 bits per heavy atom. The smallest absolute Gasteiger partial charge is 0.305 e. The molecule has 2 saturated carbocycles. The third-order valence-electron chi connectivity index (χ3n) is 7.94. The number of hydrogen-bond donors (Lipinski definition) is 2. The highest BCUT2D eigenvalue weighted by atomic mass is 32.2. The van der Waals surface area contributed by atoms with Crippen molar-refractivity contribution in [3.63, 3.8) is 0 Å². The number of nitrogens with one attached hydrogen (secondary N) is 1. The van der Waals surface area contributed by atoms with E-state index in [1.54, 1.807) is 23.1 Å². The minimum absolute atomic E-state index is 0.0304. The number of thiophene rings is 1. The third kappa shape index (κ3) is 3.28. The van der Waals surface area contributed by atoms with Crippen molar-refractivity contribution in [1.82, 2.24) is 9.88 Å². The summed E-state index contributed by atoms with van der Waals surface area (Å²) in [6.45, 7) is 0.390. The largest absolute Gasteiger partial charge is 0.481 e. The summed E-state index contributed by atoms with van der Waals surface area (Å²) in [5.41, 5.74) is 0. The Balaban J connectivity index is 1.27. The van der Waals surface area contributed by atoms with Gasteiger partial charge in [0.25, 0.3) is 0 Å². The zero-order chi connectivity index (χ0) is 22.9. The number of carbonyl (C=O) groups is 3. The Hall–Kier alpha value is -1.91. The fourth-order valence-corrected chi connectivity index (χ4v) is 10.7. The first kappa shape index (κ1) is 21.6. The summed E-state index contributed by atoms with van der Waals surface area (Å²) < 4.78 is 0. The van der Waals surface area contributed by atoms with Gasteiger partial charge in [-0.2, -0.15) is 0 Å². The average molecular weight is 505 g/mol. The molecule has 0 aromatic carbocycles. The number of nitrogens with zero attached hydrogens (tertiary/aromatic N) is 1. The van der Waals surface area contributed by atoms with E-state index in [1.807, 2.05) is 6.07 Å². The van der Waals surface area contributed by atoms with Gasteiger partial charge in [0.15, 0.2) is 0 Å². The highest BCUT2D eigenvalue weighted by Crippen LogP contribution is 2.68. The lowest BCUT2D eigenvalue weighted by Crippen LogP contribution is -2.42. The molecule has 2 aliphatic carbocycles. The van der Waals surface area contributed by atoms with Gasteiger partial charge in [0.2, 0.25) is 11.8 Å². The zero-order valence-electron chi connectivity index (χ0n) is 17.8. The highest BCUT2D eigenvalue weighted by molar-refractivity contribution is 8.00. The van der Waals surface area contributed by atoms with Crippen molar-refractivity contribution in [2.75, 3.05) is 6.54 Å². The lowest BCUT2D eigenvalue weighted by molar-refractivity contribution is -0.141. The number of imide groups is 1. The first-order valence-corrected chi connectivity index (χ1v) is 14.0. The molecule has 1 saturated heterocycles. The SMILES string of the molecule is O=C(O)CCCCCN1C(=O)[C@@H]2[C@H]3C[C@@H]([C@@H]4Sc5[nH]c(=O)sc5[C@@H](c5cccs5)[C@@H]34)[C@H]2C1=O. The van der Waals surface area contributed by atoms with Crippen LogP contribution in [-0.4, -0.2) is 44.6 Å². The van der Waals surface area contributed by atoms with Gasteiger partial charge in [0.1, 0.15) is 0 Å². The van der Waals surface area contributed by atoms with Gasteiger partial charge in [-0.15, -0.1) is 23.1 Å². The monoisotopic (exact) mass is 504 g/mol. The standard InChI is InChI=1S/C23H24N2O5S3/c26-13(27)6-2-1-3-7-25-21(28)15-10-9-11(16(15)22(25)29)18-14(10)17(12-5-4-8-31-12)19-20(32-18)24-23(30)33-19/h4-5,8,10-11,14-18H,1-3,6-7,9H2,(H,24,30)(H,26,27)/t10-,11+,14+,15+,16+,17-,18-/m0/s1. The normalized spacial score (nSPS) is 33.9. The number of rotatable bonds is 7. The van der Waals surface area contributed by atoms with Crippen LogP contribution in [-0.2, 0) is 14.4 Å². The van der Waals surface area contributed by atoms with Crippen LogP contribution < -0.4 is 4.87 Å². The second-order valence-electron chi connectivity index (χ2n) is 9.51. The second-order valence-corrected chi connectivity index (χ2v) is 12.7. The van der Waals surface area contributed by atoms with Crippen molar-refractivity contribution >= 4 is 52.2 Å². The van der Waals surface area contributed by atoms with Crippen LogP contribution in [0.1, 0.15) is 47.8 Å². The van der Waals surface area contributed by atoms with E-state index in [2.05, 4.69) is 16.4 Å². The molecule has 4 heterocycles. The molecule has 3 fully saturated rings. The van der Waals surface area contributed by atoms with Crippen LogP contribution in [0.25, 0.3) is 0 Å². The Morgan fingerprint density at radius 1 is 1.12 bits per heavy atom. The van der Waals surface area contributed by atoms with E-state index in [1.165, 1.54) is 21.1 Å². The van der Waals surface area contributed by atoms with Gasteiger partial charge in [-0.1, -0.05) is 23.8 Å². The van der Waals surface area contributed by atoms with Gasteiger partial charge in [-0.05, 0) is 48.5 Å². The van der Waals surface area contributed by atoms with Crippen LogP contribution in [0.3, 0.4) is 0 Å². The molecule has 2 aliphatic heterocycles. The Labute approximate surface area is 202 Å². The number of unbranched alkanes of at least 4 members (excludes halogenated alkanes) is 2. The Morgan fingerprint density at radius 2 is 1.91 bits per heavy atom. The van der Waals surface area contributed by atoms with Crippen LogP contribution in [0.15, 0.2) is 27.3 Å². The molecule has 174 valence electrons. The molecule has 7 atom stereocenters. The summed E-state index contributed by atoms with van der Waals surface area (Å²) in [6, 6.07) is 4.17. The van der Waals surface area contributed by atoms with Crippen LogP contribution in [0.4, 0.5) is 0 Å². The summed E-state index contributed by atoms with van der Waals surface area (Å²) >= 11 is 4.70. The summed E-state index contributed by atoms with van der Waals surface area (Å²) in [7, 11) is 0. The van der Waals surface area contributed by atoms with Crippen LogP contribution in [0.5, 0.6) is 0 Å². The number of thiazole rings is 1. The van der Waals surface area contributed by atoms with Crippen LogP contribution in [0, 0.1) is 29.6 Å². The van der Waals surface area contributed by atoms with Gasteiger partial charge in [0, 0.05) is 33.9 Å². The fourth-order valence-electron chi connectivity index (χ4n) is 6.81. The predicted octanol–water partition coefficient (Wildman–Crippen LogP) is 3.62. The number of carbonyl (C=O) groups excluding carboxylic acids is 2. The Kier molecular flexibility index (Phi) is 5.30. The molecule has 6 rings (SSSR count). The van der Waals surface area contributed by atoms with Gasteiger partial charge in [-0.25, -0.2) is 0 Å². The van der Waals surface area contributed by atoms with E-state index in [0.717, 1.165) is 16.3 Å². The van der Waals surface area contributed by atoms with Crippen LogP contribution in [0.2, 0.25) is 0 Å². The number of amides is 2. The number of thioether (sulfide) groups is 1. The summed E-state index contributed by atoms with van der Waals surface area (Å²) in [5.74, 6) is -0.695. The maximum Gasteiger partial charge on any atom is 0.305 e. The van der Waals surface area contributed by atoms with Crippen molar-refractivity contribution in [1.29, 1.82) is 0 Å². The van der Waals surface area contributed by atoms with Gasteiger partial charge in [-0.3, -0.25) is 24.1 Å². The number of H-pyrrole nitrogens is 1. The lowest BCUT2D eigenvalue weighted by atomic mass is 9.69. The van der Waals surface area contributed by atoms with E-state index in [-0.39, 0.29) is 63.9 Å². The van der Waals surface area contributed by atoms with Crippen molar-refractivity contribution < 1.29 is 19.5 Å². The average Bonchev–Trinajstić information content (AvgIpc) is 3.57. The number of carboxylic acid groups (broad SMARTS) is 1. The van der Waals surface area contributed by atoms with E-state index >= 15 is 0 Å². The lowest BCUT2D eigenvalue weighted by Gasteiger charge is -2.42. The minimum Gasteiger partial charge on any atom is -0.481 e.